The van der Waals surface area contributed by atoms with Gasteiger partial charge in [-0.1, -0.05) is 30.3 Å². The average molecular weight is 250 g/mol. The van der Waals surface area contributed by atoms with Crippen molar-refractivity contribution in [2.75, 3.05) is 0 Å². The molecule has 18 heavy (non-hydrogen) atoms. The molecule has 2 amide bonds. The lowest BCUT2D eigenvalue weighted by Crippen LogP contribution is -2.40. The summed E-state index contributed by atoms with van der Waals surface area (Å²) in [6.45, 7) is 2.24. The number of carbonyl (C=O) groups is 2. The molecule has 1 aromatic carbocycles. The van der Waals surface area contributed by atoms with E-state index in [0.717, 1.165) is 5.56 Å². The number of rotatable bonds is 6. The molecular formula is C13H18N2O3. The van der Waals surface area contributed by atoms with Crippen molar-refractivity contribution in [3.05, 3.63) is 35.9 Å². The Morgan fingerprint density at radius 1 is 1.28 bits per heavy atom. The molecule has 0 spiro atoms. The Balaban J connectivity index is 2.23. The zero-order valence-electron chi connectivity index (χ0n) is 10.3. The topological polar surface area (TPSA) is 78.4 Å². The van der Waals surface area contributed by atoms with Gasteiger partial charge in [-0.05, 0) is 18.9 Å². The average Bonchev–Trinajstić information content (AvgIpc) is 2.35. The van der Waals surface area contributed by atoms with E-state index in [4.69, 9.17) is 5.11 Å². The van der Waals surface area contributed by atoms with Crippen LogP contribution in [-0.4, -0.2) is 23.1 Å². The van der Waals surface area contributed by atoms with Crippen LogP contribution in [0.5, 0.6) is 0 Å². The number of carboxylic acids is 1. The van der Waals surface area contributed by atoms with Crippen molar-refractivity contribution in [3.8, 4) is 0 Å². The maximum Gasteiger partial charge on any atom is 0.315 e. The predicted molar refractivity (Wildman–Crippen MR) is 68.1 cm³/mol. The standard InChI is InChI=1S/C13H18N2O3/c1-10(7-8-12(16)17)15-13(18)14-9-11-5-3-2-4-6-11/h2-6,10H,7-9H2,1H3,(H,16,17)(H2,14,15,18). The monoisotopic (exact) mass is 250 g/mol. The quantitative estimate of drug-likeness (QED) is 0.719. The smallest absolute Gasteiger partial charge is 0.315 e. The lowest BCUT2D eigenvalue weighted by Gasteiger charge is -2.13. The SMILES string of the molecule is CC(CCC(=O)O)NC(=O)NCc1ccccc1. The van der Waals surface area contributed by atoms with Gasteiger partial charge in [-0.3, -0.25) is 4.79 Å². The molecule has 5 heteroatoms. The molecule has 0 aromatic heterocycles. The molecule has 0 saturated carbocycles. The van der Waals surface area contributed by atoms with Gasteiger partial charge in [0, 0.05) is 19.0 Å². The fraction of sp³-hybridized carbons (Fsp3) is 0.385. The Morgan fingerprint density at radius 2 is 1.94 bits per heavy atom. The van der Waals surface area contributed by atoms with Crippen LogP contribution in [0.15, 0.2) is 30.3 Å². The highest BCUT2D eigenvalue weighted by atomic mass is 16.4. The first-order valence-corrected chi connectivity index (χ1v) is 5.88. The number of nitrogens with one attached hydrogen (secondary N) is 2. The molecule has 0 radical (unpaired) electrons. The van der Waals surface area contributed by atoms with E-state index in [1.165, 1.54) is 0 Å². The Bertz CT molecular complexity index is 392. The van der Waals surface area contributed by atoms with Crippen LogP contribution in [0, 0.1) is 0 Å². The molecule has 5 nitrogen and oxygen atoms in total. The summed E-state index contributed by atoms with van der Waals surface area (Å²) in [6.07, 6.45) is 0.480. The summed E-state index contributed by atoms with van der Waals surface area (Å²) in [6, 6.07) is 9.14. The number of hydrogen-bond acceptors (Lipinski definition) is 2. The van der Waals surface area contributed by atoms with Crippen molar-refractivity contribution in [2.24, 2.45) is 0 Å². The van der Waals surface area contributed by atoms with Crippen LogP contribution >= 0.6 is 0 Å². The number of amides is 2. The van der Waals surface area contributed by atoms with Crippen LogP contribution < -0.4 is 10.6 Å². The summed E-state index contributed by atoms with van der Waals surface area (Å²) >= 11 is 0. The van der Waals surface area contributed by atoms with E-state index in [2.05, 4.69) is 10.6 Å². The van der Waals surface area contributed by atoms with Crippen molar-refractivity contribution >= 4 is 12.0 Å². The first kappa shape index (κ1) is 14.0. The molecule has 0 aliphatic heterocycles. The zero-order chi connectivity index (χ0) is 13.4. The third kappa shape index (κ3) is 5.89. The highest BCUT2D eigenvalue weighted by molar-refractivity contribution is 5.74. The van der Waals surface area contributed by atoms with E-state index in [9.17, 15) is 9.59 Å². The molecule has 0 fully saturated rings. The minimum atomic E-state index is -0.853. The van der Waals surface area contributed by atoms with E-state index in [1.807, 2.05) is 30.3 Å². The van der Waals surface area contributed by atoms with Crippen LogP contribution in [0.3, 0.4) is 0 Å². The molecule has 1 unspecified atom stereocenters. The molecular weight excluding hydrogens is 232 g/mol. The summed E-state index contributed by atoms with van der Waals surface area (Å²) in [5.74, 6) is -0.853. The number of aliphatic carboxylic acids is 1. The maximum atomic E-state index is 11.5. The van der Waals surface area contributed by atoms with Crippen LogP contribution in [0.25, 0.3) is 0 Å². The second kappa shape index (κ2) is 7.32. The van der Waals surface area contributed by atoms with Gasteiger partial charge in [0.1, 0.15) is 0 Å². The van der Waals surface area contributed by atoms with Crippen LogP contribution in [0.4, 0.5) is 4.79 Å². The number of carbonyl (C=O) groups excluding carboxylic acids is 1. The minimum Gasteiger partial charge on any atom is -0.481 e. The number of hydrogen-bond donors (Lipinski definition) is 3. The van der Waals surface area contributed by atoms with Crippen molar-refractivity contribution < 1.29 is 14.7 Å². The summed E-state index contributed by atoms with van der Waals surface area (Å²) in [5, 5.41) is 13.9. The zero-order valence-corrected chi connectivity index (χ0v) is 10.3. The predicted octanol–water partition coefficient (Wildman–Crippen LogP) is 1.74. The molecule has 1 atom stereocenters. The molecule has 1 aromatic rings. The van der Waals surface area contributed by atoms with Gasteiger partial charge in [0.05, 0.1) is 0 Å². The van der Waals surface area contributed by atoms with Crippen molar-refractivity contribution in [3.63, 3.8) is 0 Å². The van der Waals surface area contributed by atoms with Crippen LogP contribution in [0.1, 0.15) is 25.3 Å². The van der Waals surface area contributed by atoms with E-state index >= 15 is 0 Å². The largest absolute Gasteiger partial charge is 0.481 e. The number of carboxylic acid groups (broad SMARTS) is 1. The van der Waals surface area contributed by atoms with Crippen LogP contribution in [0.2, 0.25) is 0 Å². The Labute approximate surface area is 106 Å². The third-order valence-corrected chi connectivity index (χ3v) is 2.46. The molecule has 0 bridgehead atoms. The van der Waals surface area contributed by atoms with E-state index in [1.54, 1.807) is 6.92 Å². The molecule has 3 N–H and O–H groups in total. The van der Waals surface area contributed by atoms with Gasteiger partial charge >= 0.3 is 12.0 Å². The molecule has 0 saturated heterocycles. The van der Waals surface area contributed by atoms with Gasteiger partial charge < -0.3 is 15.7 Å². The first-order chi connectivity index (χ1) is 8.58. The van der Waals surface area contributed by atoms with E-state index in [0.29, 0.717) is 13.0 Å². The number of benzene rings is 1. The normalized spacial score (nSPS) is 11.6. The van der Waals surface area contributed by atoms with E-state index < -0.39 is 5.97 Å². The highest BCUT2D eigenvalue weighted by Crippen LogP contribution is 1.98. The Hall–Kier alpha value is -2.04. The van der Waals surface area contributed by atoms with Crippen molar-refractivity contribution in [1.29, 1.82) is 0 Å². The van der Waals surface area contributed by atoms with Gasteiger partial charge in [0.25, 0.3) is 0 Å². The second-order valence-electron chi connectivity index (χ2n) is 4.15. The molecule has 0 heterocycles. The van der Waals surface area contributed by atoms with Gasteiger partial charge in [0.15, 0.2) is 0 Å². The Morgan fingerprint density at radius 3 is 2.56 bits per heavy atom. The number of urea groups is 1. The van der Waals surface area contributed by atoms with Gasteiger partial charge in [-0.15, -0.1) is 0 Å². The highest BCUT2D eigenvalue weighted by Gasteiger charge is 2.08. The van der Waals surface area contributed by atoms with Gasteiger partial charge in [-0.25, -0.2) is 4.79 Å². The fourth-order valence-corrected chi connectivity index (χ4v) is 1.47. The van der Waals surface area contributed by atoms with Crippen molar-refractivity contribution in [2.45, 2.75) is 32.4 Å². The van der Waals surface area contributed by atoms with E-state index in [-0.39, 0.29) is 18.5 Å². The van der Waals surface area contributed by atoms with Crippen molar-refractivity contribution in [1.82, 2.24) is 10.6 Å². The molecule has 0 aliphatic rings. The second-order valence-corrected chi connectivity index (χ2v) is 4.15. The summed E-state index contributed by atoms with van der Waals surface area (Å²) < 4.78 is 0. The van der Waals surface area contributed by atoms with Gasteiger partial charge in [0.2, 0.25) is 0 Å². The Kier molecular flexibility index (Phi) is 5.70. The molecule has 98 valence electrons. The maximum absolute atomic E-state index is 11.5. The third-order valence-electron chi connectivity index (χ3n) is 2.46. The molecule has 0 aliphatic carbocycles. The summed E-state index contributed by atoms with van der Waals surface area (Å²) in [7, 11) is 0. The summed E-state index contributed by atoms with van der Waals surface area (Å²) in [5.41, 5.74) is 1.02. The lowest BCUT2D eigenvalue weighted by atomic mass is 10.2. The van der Waals surface area contributed by atoms with Gasteiger partial charge in [-0.2, -0.15) is 0 Å². The minimum absolute atomic E-state index is 0.0557. The molecule has 1 rings (SSSR count). The lowest BCUT2D eigenvalue weighted by molar-refractivity contribution is -0.137. The fourth-order valence-electron chi connectivity index (χ4n) is 1.47. The first-order valence-electron chi connectivity index (χ1n) is 5.88. The van der Waals surface area contributed by atoms with Crippen LogP contribution in [-0.2, 0) is 11.3 Å². The summed E-state index contributed by atoms with van der Waals surface area (Å²) in [4.78, 5) is 21.9.